The first kappa shape index (κ1) is 18.0. The van der Waals surface area contributed by atoms with Gasteiger partial charge in [0.25, 0.3) is 5.91 Å². The molecule has 1 aromatic heterocycles. The number of benzene rings is 1. The molecule has 0 saturated carbocycles. The highest BCUT2D eigenvalue weighted by Gasteiger charge is 2.11. The SMILES string of the molecule is CCc1cccc(C)c1NC(=O)c1cncc(NCCC(C)C)c1. The summed E-state index contributed by atoms with van der Waals surface area (Å²) in [5, 5.41) is 6.37. The Morgan fingerprint density at radius 1 is 1.25 bits per heavy atom. The van der Waals surface area contributed by atoms with Gasteiger partial charge in [0.2, 0.25) is 0 Å². The zero-order valence-electron chi connectivity index (χ0n) is 15.0. The lowest BCUT2D eigenvalue weighted by molar-refractivity contribution is 0.102. The first-order valence-corrected chi connectivity index (χ1v) is 8.60. The highest BCUT2D eigenvalue weighted by atomic mass is 16.1. The number of amides is 1. The number of hydrogen-bond acceptors (Lipinski definition) is 3. The van der Waals surface area contributed by atoms with Crippen molar-refractivity contribution in [3.05, 3.63) is 53.3 Å². The van der Waals surface area contributed by atoms with Crippen molar-refractivity contribution in [3.63, 3.8) is 0 Å². The van der Waals surface area contributed by atoms with E-state index >= 15 is 0 Å². The van der Waals surface area contributed by atoms with Crippen molar-refractivity contribution >= 4 is 17.3 Å². The molecule has 0 bridgehead atoms. The smallest absolute Gasteiger partial charge is 0.257 e. The van der Waals surface area contributed by atoms with Crippen LogP contribution in [-0.2, 0) is 6.42 Å². The van der Waals surface area contributed by atoms with Gasteiger partial charge < -0.3 is 10.6 Å². The summed E-state index contributed by atoms with van der Waals surface area (Å²) in [6.07, 6.45) is 5.32. The van der Waals surface area contributed by atoms with Crippen LogP contribution < -0.4 is 10.6 Å². The molecule has 1 heterocycles. The minimum atomic E-state index is -0.126. The third-order valence-electron chi connectivity index (χ3n) is 4.03. The Hall–Kier alpha value is -2.36. The first-order chi connectivity index (χ1) is 11.5. The topological polar surface area (TPSA) is 54.0 Å². The molecule has 0 fully saturated rings. The zero-order valence-corrected chi connectivity index (χ0v) is 15.0. The van der Waals surface area contributed by atoms with Gasteiger partial charge >= 0.3 is 0 Å². The van der Waals surface area contributed by atoms with Crippen molar-refractivity contribution in [2.24, 2.45) is 5.92 Å². The summed E-state index contributed by atoms with van der Waals surface area (Å²) in [5.74, 6) is 0.518. The Kier molecular flexibility index (Phi) is 6.36. The first-order valence-electron chi connectivity index (χ1n) is 8.60. The molecule has 4 nitrogen and oxygen atoms in total. The molecule has 0 aliphatic carbocycles. The summed E-state index contributed by atoms with van der Waals surface area (Å²) in [6, 6.07) is 7.93. The molecular weight excluding hydrogens is 298 g/mol. The number of para-hydroxylation sites is 1. The highest BCUT2D eigenvalue weighted by molar-refractivity contribution is 6.05. The molecule has 128 valence electrons. The maximum atomic E-state index is 12.6. The summed E-state index contributed by atoms with van der Waals surface area (Å²) in [5.41, 5.74) is 4.56. The lowest BCUT2D eigenvalue weighted by Gasteiger charge is -2.13. The van der Waals surface area contributed by atoms with Gasteiger partial charge in [-0.25, -0.2) is 0 Å². The minimum absolute atomic E-state index is 0.126. The number of pyridine rings is 1. The van der Waals surface area contributed by atoms with E-state index < -0.39 is 0 Å². The Bertz CT molecular complexity index is 695. The van der Waals surface area contributed by atoms with E-state index in [2.05, 4.69) is 36.4 Å². The van der Waals surface area contributed by atoms with Crippen molar-refractivity contribution < 1.29 is 4.79 Å². The molecule has 1 aromatic carbocycles. The second-order valence-corrected chi connectivity index (χ2v) is 6.49. The normalized spacial score (nSPS) is 10.7. The number of anilines is 2. The Balaban J connectivity index is 2.10. The van der Waals surface area contributed by atoms with Gasteiger partial charge in [-0.15, -0.1) is 0 Å². The average molecular weight is 325 g/mol. The van der Waals surface area contributed by atoms with E-state index in [1.54, 1.807) is 12.4 Å². The van der Waals surface area contributed by atoms with E-state index in [0.29, 0.717) is 11.5 Å². The molecular formula is C20H27N3O. The molecule has 24 heavy (non-hydrogen) atoms. The summed E-state index contributed by atoms with van der Waals surface area (Å²) < 4.78 is 0. The second-order valence-electron chi connectivity index (χ2n) is 6.49. The van der Waals surface area contributed by atoms with E-state index in [0.717, 1.165) is 41.9 Å². The molecule has 2 rings (SSSR count). The fourth-order valence-corrected chi connectivity index (χ4v) is 2.55. The monoisotopic (exact) mass is 325 g/mol. The van der Waals surface area contributed by atoms with Crippen LogP contribution in [0.15, 0.2) is 36.7 Å². The number of aryl methyl sites for hydroxylation is 2. The molecule has 0 spiro atoms. The fraction of sp³-hybridized carbons (Fsp3) is 0.400. The Labute approximate surface area is 144 Å². The molecule has 0 saturated heterocycles. The quantitative estimate of drug-likeness (QED) is 0.778. The number of carbonyl (C=O) groups is 1. The van der Waals surface area contributed by atoms with Crippen LogP contribution in [0.2, 0.25) is 0 Å². The van der Waals surface area contributed by atoms with Gasteiger partial charge in [-0.05, 0) is 42.9 Å². The van der Waals surface area contributed by atoms with Crippen LogP contribution in [0.25, 0.3) is 0 Å². The van der Waals surface area contributed by atoms with Gasteiger partial charge in [0, 0.05) is 24.6 Å². The number of rotatable bonds is 7. The van der Waals surface area contributed by atoms with Crippen LogP contribution >= 0.6 is 0 Å². The molecule has 0 radical (unpaired) electrons. The molecule has 0 atom stereocenters. The highest BCUT2D eigenvalue weighted by Crippen LogP contribution is 2.22. The van der Waals surface area contributed by atoms with Crippen molar-refractivity contribution in [1.82, 2.24) is 4.98 Å². The van der Waals surface area contributed by atoms with E-state index in [4.69, 9.17) is 0 Å². The molecule has 2 aromatic rings. The number of nitrogens with one attached hydrogen (secondary N) is 2. The van der Waals surface area contributed by atoms with Crippen LogP contribution in [0.4, 0.5) is 11.4 Å². The third-order valence-corrected chi connectivity index (χ3v) is 4.03. The standard InChI is InChI=1S/C20H27N3O/c1-5-16-8-6-7-15(4)19(16)23-20(24)17-11-18(13-21-12-17)22-10-9-14(2)3/h6-8,11-14,22H,5,9-10H2,1-4H3,(H,23,24). The summed E-state index contributed by atoms with van der Waals surface area (Å²) in [6.45, 7) is 9.36. The van der Waals surface area contributed by atoms with Crippen LogP contribution in [0.1, 0.15) is 48.7 Å². The number of nitrogens with zero attached hydrogens (tertiary/aromatic N) is 1. The van der Waals surface area contributed by atoms with Crippen LogP contribution in [0, 0.1) is 12.8 Å². The lowest BCUT2D eigenvalue weighted by Crippen LogP contribution is -2.15. The van der Waals surface area contributed by atoms with Gasteiger partial charge in [-0.2, -0.15) is 0 Å². The van der Waals surface area contributed by atoms with E-state index in [9.17, 15) is 4.79 Å². The summed E-state index contributed by atoms with van der Waals surface area (Å²) in [7, 11) is 0. The largest absolute Gasteiger partial charge is 0.384 e. The predicted octanol–water partition coefficient (Wildman–Crippen LogP) is 4.66. The third kappa shape index (κ3) is 4.82. The maximum Gasteiger partial charge on any atom is 0.257 e. The second kappa shape index (κ2) is 8.48. The van der Waals surface area contributed by atoms with Crippen molar-refractivity contribution in [3.8, 4) is 0 Å². The van der Waals surface area contributed by atoms with Gasteiger partial charge in [0.15, 0.2) is 0 Å². The molecule has 0 unspecified atom stereocenters. The van der Waals surface area contributed by atoms with Gasteiger partial charge in [0.1, 0.15) is 0 Å². The van der Waals surface area contributed by atoms with Gasteiger partial charge in [0.05, 0.1) is 11.3 Å². The number of aromatic nitrogens is 1. The van der Waals surface area contributed by atoms with Gasteiger partial charge in [-0.3, -0.25) is 9.78 Å². The number of carbonyl (C=O) groups excluding carboxylic acids is 1. The van der Waals surface area contributed by atoms with E-state index in [1.807, 2.05) is 31.2 Å². The van der Waals surface area contributed by atoms with Crippen LogP contribution in [-0.4, -0.2) is 17.4 Å². The molecule has 2 N–H and O–H groups in total. The Morgan fingerprint density at radius 2 is 2.04 bits per heavy atom. The molecule has 4 heteroatoms. The lowest BCUT2D eigenvalue weighted by atomic mass is 10.1. The summed E-state index contributed by atoms with van der Waals surface area (Å²) in [4.78, 5) is 16.8. The number of hydrogen-bond donors (Lipinski definition) is 2. The van der Waals surface area contributed by atoms with Crippen molar-refractivity contribution in [2.75, 3.05) is 17.2 Å². The van der Waals surface area contributed by atoms with E-state index in [-0.39, 0.29) is 5.91 Å². The van der Waals surface area contributed by atoms with Crippen molar-refractivity contribution in [1.29, 1.82) is 0 Å². The summed E-state index contributed by atoms with van der Waals surface area (Å²) >= 11 is 0. The van der Waals surface area contributed by atoms with E-state index in [1.165, 1.54) is 0 Å². The van der Waals surface area contributed by atoms with Crippen LogP contribution in [0.5, 0.6) is 0 Å². The average Bonchev–Trinajstić information content (AvgIpc) is 2.56. The molecule has 0 aliphatic rings. The maximum absolute atomic E-state index is 12.6. The molecule has 0 aliphatic heterocycles. The zero-order chi connectivity index (χ0) is 17.5. The van der Waals surface area contributed by atoms with Gasteiger partial charge in [-0.1, -0.05) is 39.0 Å². The Morgan fingerprint density at radius 3 is 2.75 bits per heavy atom. The van der Waals surface area contributed by atoms with Crippen LogP contribution in [0.3, 0.4) is 0 Å². The predicted molar refractivity (Wildman–Crippen MR) is 101 cm³/mol. The van der Waals surface area contributed by atoms with Crippen molar-refractivity contribution in [2.45, 2.75) is 40.5 Å². The minimum Gasteiger partial charge on any atom is -0.384 e. The fourth-order valence-electron chi connectivity index (χ4n) is 2.55. The molecule has 1 amide bonds.